The Morgan fingerprint density at radius 2 is 1.85 bits per heavy atom. The second-order valence-electron chi connectivity index (χ2n) is 3.82. The van der Waals surface area contributed by atoms with Gasteiger partial charge in [-0.05, 0) is 24.6 Å². The van der Waals surface area contributed by atoms with Gasteiger partial charge in [0.1, 0.15) is 0 Å². The molecule has 0 aliphatic carbocycles. The number of rotatable bonds is 8. The van der Waals surface area contributed by atoms with Gasteiger partial charge in [-0.15, -0.1) is 0 Å². The molecule has 0 radical (unpaired) electrons. The van der Waals surface area contributed by atoms with Gasteiger partial charge < -0.3 is 5.32 Å². The van der Waals surface area contributed by atoms with Gasteiger partial charge in [0.15, 0.2) is 0 Å². The molecule has 1 unspecified atom stereocenters. The second kappa shape index (κ2) is 8.89. The van der Waals surface area contributed by atoms with E-state index in [2.05, 4.69) is 44.8 Å². The standard InChI is InChI=1S/C11H25NS/c1-5-7-11(12-8-6-2)9-13-10(3)4/h10-12H,5-9H2,1-4H3. The fourth-order valence-electron chi connectivity index (χ4n) is 1.25. The Kier molecular flexibility index (Phi) is 9.10. The highest BCUT2D eigenvalue weighted by molar-refractivity contribution is 7.99. The van der Waals surface area contributed by atoms with Crippen LogP contribution in [0.4, 0.5) is 0 Å². The summed E-state index contributed by atoms with van der Waals surface area (Å²) in [5.41, 5.74) is 0. The predicted molar refractivity (Wildman–Crippen MR) is 64.6 cm³/mol. The molecule has 0 amide bonds. The van der Waals surface area contributed by atoms with E-state index < -0.39 is 0 Å². The molecular formula is C11H25NS. The van der Waals surface area contributed by atoms with Gasteiger partial charge in [-0.3, -0.25) is 0 Å². The highest BCUT2D eigenvalue weighted by Crippen LogP contribution is 2.12. The van der Waals surface area contributed by atoms with Crippen molar-refractivity contribution in [2.75, 3.05) is 12.3 Å². The van der Waals surface area contributed by atoms with Crippen molar-refractivity contribution >= 4 is 11.8 Å². The summed E-state index contributed by atoms with van der Waals surface area (Å²) in [5, 5.41) is 4.37. The maximum absolute atomic E-state index is 3.60. The Hall–Kier alpha value is 0.310. The second-order valence-corrected chi connectivity index (χ2v) is 5.43. The summed E-state index contributed by atoms with van der Waals surface area (Å²) >= 11 is 2.07. The Balaban J connectivity index is 3.53. The first-order valence-corrected chi connectivity index (χ1v) is 6.60. The van der Waals surface area contributed by atoms with Crippen LogP contribution in [0.3, 0.4) is 0 Å². The molecule has 0 aliphatic rings. The van der Waals surface area contributed by atoms with Crippen LogP contribution in [0.25, 0.3) is 0 Å². The van der Waals surface area contributed by atoms with Crippen LogP contribution in [-0.2, 0) is 0 Å². The molecule has 0 aromatic carbocycles. The smallest absolute Gasteiger partial charge is 0.0158 e. The molecule has 0 bridgehead atoms. The molecule has 0 fully saturated rings. The summed E-state index contributed by atoms with van der Waals surface area (Å²) in [4.78, 5) is 0. The fourth-order valence-corrected chi connectivity index (χ4v) is 2.15. The van der Waals surface area contributed by atoms with Crippen LogP contribution >= 0.6 is 11.8 Å². The van der Waals surface area contributed by atoms with Crippen molar-refractivity contribution < 1.29 is 0 Å². The molecule has 1 N–H and O–H groups in total. The van der Waals surface area contributed by atoms with E-state index >= 15 is 0 Å². The van der Waals surface area contributed by atoms with Crippen molar-refractivity contribution in [1.29, 1.82) is 0 Å². The monoisotopic (exact) mass is 203 g/mol. The number of thioether (sulfide) groups is 1. The first-order chi connectivity index (χ1) is 6.20. The minimum absolute atomic E-state index is 0.734. The van der Waals surface area contributed by atoms with Gasteiger partial charge in [-0.2, -0.15) is 11.8 Å². The number of hydrogen-bond donors (Lipinski definition) is 1. The van der Waals surface area contributed by atoms with Gasteiger partial charge in [-0.1, -0.05) is 34.1 Å². The molecule has 0 spiro atoms. The van der Waals surface area contributed by atoms with Gasteiger partial charge in [0.2, 0.25) is 0 Å². The molecule has 0 aromatic heterocycles. The van der Waals surface area contributed by atoms with Gasteiger partial charge in [0, 0.05) is 11.8 Å². The maximum Gasteiger partial charge on any atom is 0.0158 e. The quantitative estimate of drug-likeness (QED) is 0.649. The van der Waals surface area contributed by atoms with Crippen molar-refractivity contribution in [3.63, 3.8) is 0 Å². The molecule has 0 saturated heterocycles. The summed E-state index contributed by atoms with van der Waals surface area (Å²) in [5.74, 6) is 1.27. The minimum atomic E-state index is 0.734. The topological polar surface area (TPSA) is 12.0 Å². The fraction of sp³-hybridized carbons (Fsp3) is 1.00. The third-order valence-electron chi connectivity index (χ3n) is 1.95. The Morgan fingerprint density at radius 3 is 2.31 bits per heavy atom. The average Bonchev–Trinajstić information content (AvgIpc) is 2.09. The van der Waals surface area contributed by atoms with E-state index in [4.69, 9.17) is 0 Å². The molecule has 1 nitrogen and oxygen atoms in total. The summed E-state index contributed by atoms with van der Waals surface area (Å²) < 4.78 is 0. The van der Waals surface area contributed by atoms with E-state index in [-0.39, 0.29) is 0 Å². The van der Waals surface area contributed by atoms with Crippen LogP contribution in [0, 0.1) is 0 Å². The van der Waals surface area contributed by atoms with E-state index in [1.807, 2.05) is 0 Å². The molecule has 13 heavy (non-hydrogen) atoms. The van der Waals surface area contributed by atoms with E-state index in [1.54, 1.807) is 0 Å². The van der Waals surface area contributed by atoms with Crippen molar-refractivity contribution in [2.24, 2.45) is 0 Å². The van der Waals surface area contributed by atoms with Gasteiger partial charge in [-0.25, -0.2) is 0 Å². The molecule has 0 aromatic rings. The van der Waals surface area contributed by atoms with Crippen LogP contribution < -0.4 is 5.32 Å². The van der Waals surface area contributed by atoms with Crippen LogP contribution in [0.15, 0.2) is 0 Å². The number of nitrogens with one attached hydrogen (secondary N) is 1. The third-order valence-corrected chi connectivity index (χ3v) is 3.21. The van der Waals surface area contributed by atoms with Crippen molar-refractivity contribution in [2.45, 2.75) is 58.2 Å². The third kappa shape index (κ3) is 8.63. The maximum atomic E-state index is 3.60. The zero-order valence-corrected chi connectivity index (χ0v) is 10.4. The van der Waals surface area contributed by atoms with Gasteiger partial charge >= 0.3 is 0 Å². The normalized spacial score (nSPS) is 13.6. The van der Waals surface area contributed by atoms with E-state index in [1.165, 1.54) is 31.6 Å². The van der Waals surface area contributed by atoms with Crippen LogP contribution in [0.5, 0.6) is 0 Å². The lowest BCUT2D eigenvalue weighted by Gasteiger charge is -2.18. The van der Waals surface area contributed by atoms with Crippen molar-refractivity contribution in [3.05, 3.63) is 0 Å². The number of hydrogen-bond acceptors (Lipinski definition) is 2. The Labute approximate surface area is 88.1 Å². The average molecular weight is 203 g/mol. The van der Waals surface area contributed by atoms with Crippen LogP contribution in [0.1, 0.15) is 47.0 Å². The molecule has 0 aliphatic heterocycles. The predicted octanol–water partition coefficient (Wildman–Crippen LogP) is 3.30. The summed E-state index contributed by atoms with van der Waals surface area (Å²) in [6, 6.07) is 0.734. The molecule has 1 atom stereocenters. The van der Waals surface area contributed by atoms with Gasteiger partial charge in [0.05, 0.1) is 0 Å². The molecule has 0 saturated carbocycles. The molecule has 0 rings (SSSR count). The summed E-state index contributed by atoms with van der Waals surface area (Å²) in [6.45, 7) is 10.2. The lowest BCUT2D eigenvalue weighted by Crippen LogP contribution is -2.32. The highest BCUT2D eigenvalue weighted by Gasteiger charge is 2.07. The van der Waals surface area contributed by atoms with Gasteiger partial charge in [0.25, 0.3) is 0 Å². The van der Waals surface area contributed by atoms with Crippen molar-refractivity contribution in [1.82, 2.24) is 5.32 Å². The highest BCUT2D eigenvalue weighted by atomic mass is 32.2. The first-order valence-electron chi connectivity index (χ1n) is 5.55. The summed E-state index contributed by atoms with van der Waals surface area (Å²) in [7, 11) is 0. The van der Waals surface area contributed by atoms with E-state index in [0.29, 0.717) is 0 Å². The minimum Gasteiger partial charge on any atom is -0.313 e. The Morgan fingerprint density at radius 1 is 1.15 bits per heavy atom. The van der Waals surface area contributed by atoms with Crippen molar-refractivity contribution in [3.8, 4) is 0 Å². The molecular weight excluding hydrogens is 178 g/mol. The van der Waals surface area contributed by atoms with E-state index in [9.17, 15) is 0 Å². The summed E-state index contributed by atoms with van der Waals surface area (Å²) in [6.07, 6.45) is 3.85. The van der Waals surface area contributed by atoms with E-state index in [0.717, 1.165) is 11.3 Å². The zero-order valence-electron chi connectivity index (χ0n) is 9.60. The lowest BCUT2D eigenvalue weighted by molar-refractivity contribution is 0.514. The van der Waals surface area contributed by atoms with Crippen LogP contribution in [0.2, 0.25) is 0 Å². The molecule has 80 valence electrons. The molecule has 2 heteroatoms. The molecule has 0 heterocycles. The largest absolute Gasteiger partial charge is 0.313 e. The SMILES string of the molecule is CCCNC(CCC)CSC(C)C. The lowest BCUT2D eigenvalue weighted by atomic mass is 10.2. The van der Waals surface area contributed by atoms with Crippen LogP contribution in [-0.4, -0.2) is 23.6 Å². The Bertz CT molecular complexity index is 104. The first kappa shape index (κ1) is 13.3. The zero-order chi connectivity index (χ0) is 10.1.